The largest absolute Gasteiger partial charge is 0.365 e. The molecule has 0 unspecified atom stereocenters. The molecule has 0 amide bonds. The van der Waals surface area contributed by atoms with Gasteiger partial charge in [0.1, 0.15) is 5.52 Å². The van der Waals surface area contributed by atoms with Crippen LogP contribution in [0.3, 0.4) is 0 Å². The molecule has 1 N–H and O–H groups in total. The van der Waals surface area contributed by atoms with Gasteiger partial charge < -0.3 is 9.88 Å². The number of aryl methyl sites for hydroxylation is 1. The van der Waals surface area contributed by atoms with Crippen LogP contribution in [0.15, 0.2) is 12.3 Å². The lowest BCUT2D eigenvalue weighted by Gasteiger charge is -2.07. The van der Waals surface area contributed by atoms with Crippen LogP contribution < -0.4 is 5.32 Å². The first-order valence-electron chi connectivity index (χ1n) is 4.99. The maximum atomic E-state index is 5.87. The molecule has 0 saturated heterocycles. The number of nitrogens with zero attached hydrogens (tertiary/aromatic N) is 3. The normalized spacial score (nSPS) is 15.9. The second kappa shape index (κ2) is 3.10. The Morgan fingerprint density at radius 3 is 3.00 bits per heavy atom. The summed E-state index contributed by atoms with van der Waals surface area (Å²) in [7, 11) is 1.98. The number of hydrogen-bond donors (Lipinski definition) is 1. The summed E-state index contributed by atoms with van der Waals surface area (Å²) in [5.41, 5.74) is 1.91. The summed E-state index contributed by atoms with van der Waals surface area (Å²) in [4.78, 5) is 8.42. The molecule has 0 atom stereocenters. The zero-order valence-electron chi connectivity index (χ0n) is 8.37. The van der Waals surface area contributed by atoms with E-state index in [2.05, 4.69) is 15.3 Å². The summed E-state index contributed by atoms with van der Waals surface area (Å²) in [6, 6.07) is 2.51. The van der Waals surface area contributed by atoms with Crippen molar-refractivity contribution in [3.05, 3.63) is 17.5 Å². The van der Waals surface area contributed by atoms with Crippen molar-refractivity contribution in [3.8, 4) is 0 Å². The van der Waals surface area contributed by atoms with Crippen molar-refractivity contribution < 1.29 is 0 Å². The van der Waals surface area contributed by atoms with Crippen molar-refractivity contribution in [2.24, 2.45) is 7.05 Å². The first-order valence-corrected chi connectivity index (χ1v) is 5.37. The third-order valence-electron chi connectivity index (χ3n) is 2.61. The molecule has 3 rings (SSSR count). The summed E-state index contributed by atoms with van der Waals surface area (Å²) in [5.74, 6) is 0.847. The Morgan fingerprint density at radius 2 is 2.27 bits per heavy atom. The number of hydrogen-bond acceptors (Lipinski definition) is 3. The number of nitrogens with one attached hydrogen (secondary N) is 1. The molecule has 15 heavy (non-hydrogen) atoms. The third kappa shape index (κ3) is 1.55. The Balaban J connectivity index is 2.18. The van der Waals surface area contributed by atoms with Crippen LogP contribution in [0.4, 0.5) is 5.82 Å². The van der Waals surface area contributed by atoms with Crippen LogP contribution in [0.5, 0.6) is 0 Å². The van der Waals surface area contributed by atoms with Crippen molar-refractivity contribution in [2.75, 3.05) is 5.32 Å². The van der Waals surface area contributed by atoms with E-state index in [0.717, 1.165) is 16.9 Å². The summed E-state index contributed by atoms with van der Waals surface area (Å²) in [6.45, 7) is 0. The van der Waals surface area contributed by atoms with Crippen LogP contribution in [0.2, 0.25) is 5.28 Å². The second-order valence-corrected chi connectivity index (χ2v) is 4.26. The van der Waals surface area contributed by atoms with Gasteiger partial charge in [0.05, 0.1) is 5.52 Å². The van der Waals surface area contributed by atoms with Crippen molar-refractivity contribution in [1.82, 2.24) is 14.5 Å². The van der Waals surface area contributed by atoms with E-state index in [-0.39, 0.29) is 0 Å². The van der Waals surface area contributed by atoms with Crippen LogP contribution >= 0.6 is 11.6 Å². The summed E-state index contributed by atoms with van der Waals surface area (Å²) in [6.07, 6.45) is 4.40. The highest BCUT2D eigenvalue weighted by molar-refractivity contribution is 6.28. The maximum absolute atomic E-state index is 5.87. The maximum Gasteiger partial charge on any atom is 0.225 e. The van der Waals surface area contributed by atoms with Crippen molar-refractivity contribution in [3.63, 3.8) is 0 Å². The molecule has 78 valence electrons. The third-order valence-corrected chi connectivity index (χ3v) is 2.78. The molecule has 0 radical (unpaired) electrons. The Kier molecular flexibility index (Phi) is 1.85. The average Bonchev–Trinajstić information content (AvgIpc) is 2.91. The molecule has 1 saturated carbocycles. The molecule has 1 fully saturated rings. The molecule has 5 heteroatoms. The van der Waals surface area contributed by atoms with E-state index in [1.54, 1.807) is 0 Å². The molecule has 0 spiro atoms. The Morgan fingerprint density at radius 1 is 1.47 bits per heavy atom. The predicted octanol–water partition coefficient (Wildman–Crippen LogP) is 2.20. The van der Waals surface area contributed by atoms with E-state index in [1.165, 1.54) is 12.8 Å². The fraction of sp³-hybridized carbons (Fsp3) is 0.400. The van der Waals surface area contributed by atoms with Crippen LogP contribution in [-0.4, -0.2) is 20.6 Å². The molecule has 4 nitrogen and oxygen atoms in total. The van der Waals surface area contributed by atoms with E-state index in [0.29, 0.717) is 11.3 Å². The van der Waals surface area contributed by atoms with E-state index < -0.39 is 0 Å². The van der Waals surface area contributed by atoms with Gasteiger partial charge in [0.15, 0.2) is 5.82 Å². The molecular weight excluding hydrogens is 212 g/mol. The molecule has 2 aromatic heterocycles. The smallest absolute Gasteiger partial charge is 0.225 e. The summed E-state index contributed by atoms with van der Waals surface area (Å²) in [5, 5.41) is 3.67. The number of aromatic nitrogens is 3. The van der Waals surface area contributed by atoms with Gasteiger partial charge in [-0.05, 0) is 30.5 Å². The Hall–Kier alpha value is -1.29. The number of anilines is 1. The molecular formula is C10H11ClN4. The van der Waals surface area contributed by atoms with Crippen LogP contribution in [0, 0.1) is 0 Å². The fourth-order valence-corrected chi connectivity index (χ4v) is 1.86. The Bertz CT molecular complexity index is 515. The van der Waals surface area contributed by atoms with Gasteiger partial charge in [-0.1, -0.05) is 0 Å². The summed E-state index contributed by atoms with van der Waals surface area (Å²) < 4.78 is 2.01. The van der Waals surface area contributed by atoms with Gasteiger partial charge in [0.2, 0.25) is 5.28 Å². The number of rotatable bonds is 2. The highest BCUT2D eigenvalue weighted by atomic mass is 35.5. The van der Waals surface area contributed by atoms with Crippen LogP contribution in [-0.2, 0) is 7.05 Å². The molecule has 2 aromatic rings. The molecule has 0 aliphatic heterocycles. The lowest BCUT2D eigenvalue weighted by atomic mass is 10.4. The van der Waals surface area contributed by atoms with Gasteiger partial charge in [-0.15, -0.1) is 0 Å². The lowest BCUT2D eigenvalue weighted by Crippen LogP contribution is -2.06. The van der Waals surface area contributed by atoms with Crippen LogP contribution in [0.1, 0.15) is 12.8 Å². The van der Waals surface area contributed by atoms with E-state index in [4.69, 9.17) is 11.6 Å². The zero-order valence-corrected chi connectivity index (χ0v) is 9.12. The standard InChI is InChI=1S/C10H11ClN4/c1-15-5-4-7-8(15)9(12-6-2-3-6)14-10(11)13-7/h4-6H,2-3H2,1H3,(H,12,13,14). The molecule has 2 heterocycles. The SMILES string of the molecule is Cn1ccc2nc(Cl)nc(NC3CC3)c21. The number of halogens is 1. The summed E-state index contributed by atoms with van der Waals surface area (Å²) >= 11 is 5.87. The first kappa shape index (κ1) is 8.97. The van der Waals surface area contributed by atoms with Crippen molar-refractivity contribution in [2.45, 2.75) is 18.9 Å². The molecule has 1 aliphatic rings. The van der Waals surface area contributed by atoms with Gasteiger partial charge >= 0.3 is 0 Å². The molecule has 1 aliphatic carbocycles. The number of fused-ring (bicyclic) bond motifs is 1. The van der Waals surface area contributed by atoms with E-state index >= 15 is 0 Å². The first-order chi connectivity index (χ1) is 7.24. The molecule has 0 aromatic carbocycles. The van der Waals surface area contributed by atoms with Gasteiger partial charge in [-0.25, -0.2) is 4.98 Å². The lowest BCUT2D eigenvalue weighted by molar-refractivity contribution is 0.958. The van der Waals surface area contributed by atoms with Gasteiger partial charge in [-0.3, -0.25) is 0 Å². The minimum absolute atomic E-state index is 0.303. The highest BCUT2D eigenvalue weighted by Gasteiger charge is 2.23. The average molecular weight is 223 g/mol. The van der Waals surface area contributed by atoms with Gasteiger partial charge in [0.25, 0.3) is 0 Å². The van der Waals surface area contributed by atoms with E-state index in [9.17, 15) is 0 Å². The van der Waals surface area contributed by atoms with E-state index in [1.807, 2.05) is 23.9 Å². The quantitative estimate of drug-likeness (QED) is 0.793. The highest BCUT2D eigenvalue weighted by Crippen LogP contribution is 2.28. The topological polar surface area (TPSA) is 42.7 Å². The minimum Gasteiger partial charge on any atom is -0.365 e. The predicted molar refractivity (Wildman–Crippen MR) is 60.2 cm³/mol. The molecule has 0 bridgehead atoms. The monoisotopic (exact) mass is 222 g/mol. The van der Waals surface area contributed by atoms with Gasteiger partial charge in [-0.2, -0.15) is 4.98 Å². The second-order valence-electron chi connectivity index (χ2n) is 3.92. The zero-order chi connectivity index (χ0) is 10.4. The van der Waals surface area contributed by atoms with Crippen molar-refractivity contribution in [1.29, 1.82) is 0 Å². The van der Waals surface area contributed by atoms with Gasteiger partial charge in [0, 0.05) is 19.3 Å². The Labute approximate surface area is 92.3 Å². The fourth-order valence-electron chi connectivity index (χ4n) is 1.69. The van der Waals surface area contributed by atoms with Crippen LogP contribution in [0.25, 0.3) is 11.0 Å². The minimum atomic E-state index is 0.303. The van der Waals surface area contributed by atoms with Crippen molar-refractivity contribution >= 4 is 28.5 Å².